The van der Waals surface area contributed by atoms with Crippen molar-refractivity contribution < 1.29 is 14.3 Å². The molecule has 1 amide bonds. The molecule has 1 aliphatic carbocycles. The van der Waals surface area contributed by atoms with Crippen molar-refractivity contribution in [2.45, 2.75) is 50.7 Å². The van der Waals surface area contributed by atoms with Crippen LogP contribution in [0.1, 0.15) is 37.7 Å². The number of nitrogens with zero attached hydrogens (tertiary/aromatic N) is 1. The highest BCUT2D eigenvalue weighted by molar-refractivity contribution is 5.76. The van der Waals surface area contributed by atoms with E-state index < -0.39 is 0 Å². The lowest BCUT2D eigenvalue weighted by atomic mass is 9.99. The largest absolute Gasteiger partial charge is 0.497 e. The van der Waals surface area contributed by atoms with E-state index >= 15 is 0 Å². The van der Waals surface area contributed by atoms with Crippen molar-refractivity contribution >= 4 is 5.91 Å². The Hall–Kier alpha value is -1.79. The van der Waals surface area contributed by atoms with E-state index in [4.69, 9.17) is 15.2 Å². The van der Waals surface area contributed by atoms with Crippen LogP contribution in [0.25, 0.3) is 0 Å². The predicted octanol–water partition coefficient (Wildman–Crippen LogP) is 1.91. The number of hydrogen-bond donors (Lipinski definition) is 2. The van der Waals surface area contributed by atoms with Gasteiger partial charge in [-0.25, -0.2) is 0 Å². The van der Waals surface area contributed by atoms with Crippen molar-refractivity contribution in [1.29, 1.82) is 0 Å². The zero-order chi connectivity index (χ0) is 18.5. The molecule has 3 N–H and O–H groups in total. The Morgan fingerprint density at radius 3 is 2.54 bits per heavy atom. The molecule has 2 fully saturated rings. The molecule has 6 nitrogen and oxygen atoms in total. The second-order valence-corrected chi connectivity index (χ2v) is 7.57. The predicted molar refractivity (Wildman–Crippen MR) is 101 cm³/mol. The summed E-state index contributed by atoms with van der Waals surface area (Å²) in [6.45, 7) is 2.68. The number of benzene rings is 1. The van der Waals surface area contributed by atoms with E-state index in [1.807, 2.05) is 18.2 Å². The summed E-state index contributed by atoms with van der Waals surface area (Å²) in [4.78, 5) is 14.7. The van der Waals surface area contributed by atoms with Crippen LogP contribution in [0, 0.1) is 5.92 Å². The molecule has 0 spiro atoms. The SMILES string of the molecule is COc1cc(CN2CCC(NC(=O)C[C@@H]3CCC[C@H]3N)C2)cc(OC)c1. The summed E-state index contributed by atoms with van der Waals surface area (Å²) in [6, 6.07) is 6.38. The quantitative estimate of drug-likeness (QED) is 0.776. The Morgan fingerprint density at radius 2 is 1.92 bits per heavy atom. The van der Waals surface area contributed by atoms with Crippen molar-refractivity contribution in [1.82, 2.24) is 10.2 Å². The van der Waals surface area contributed by atoms with Crippen LogP contribution < -0.4 is 20.5 Å². The maximum absolute atomic E-state index is 12.3. The Labute approximate surface area is 156 Å². The summed E-state index contributed by atoms with van der Waals surface area (Å²) in [5, 5.41) is 3.20. The van der Waals surface area contributed by atoms with E-state index in [1.54, 1.807) is 14.2 Å². The second kappa shape index (κ2) is 8.73. The van der Waals surface area contributed by atoms with Gasteiger partial charge < -0.3 is 20.5 Å². The van der Waals surface area contributed by atoms with Gasteiger partial charge in [-0.15, -0.1) is 0 Å². The third kappa shape index (κ3) is 4.89. The Bertz CT molecular complexity index is 600. The average molecular weight is 361 g/mol. The van der Waals surface area contributed by atoms with Crippen LogP contribution in [0.2, 0.25) is 0 Å². The lowest BCUT2D eigenvalue weighted by Crippen LogP contribution is -2.39. The minimum Gasteiger partial charge on any atom is -0.497 e. The average Bonchev–Trinajstić information content (AvgIpc) is 3.23. The summed E-state index contributed by atoms with van der Waals surface area (Å²) < 4.78 is 10.7. The van der Waals surface area contributed by atoms with Gasteiger partial charge in [-0.1, -0.05) is 6.42 Å². The van der Waals surface area contributed by atoms with Crippen LogP contribution in [-0.2, 0) is 11.3 Å². The van der Waals surface area contributed by atoms with Crippen LogP contribution in [0.4, 0.5) is 0 Å². The normalized spacial score (nSPS) is 26.0. The number of nitrogens with one attached hydrogen (secondary N) is 1. The highest BCUT2D eigenvalue weighted by Gasteiger charge is 2.28. The van der Waals surface area contributed by atoms with E-state index in [2.05, 4.69) is 10.2 Å². The maximum Gasteiger partial charge on any atom is 0.220 e. The minimum atomic E-state index is 0.155. The first-order valence-electron chi connectivity index (χ1n) is 9.56. The molecule has 6 heteroatoms. The maximum atomic E-state index is 12.3. The van der Waals surface area contributed by atoms with Crippen molar-refractivity contribution in [3.63, 3.8) is 0 Å². The molecule has 3 rings (SSSR count). The van der Waals surface area contributed by atoms with Gasteiger partial charge in [0.2, 0.25) is 5.91 Å². The first kappa shape index (κ1) is 19.0. The molecule has 1 aromatic carbocycles. The smallest absolute Gasteiger partial charge is 0.220 e. The van der Waals surface area contributed by atoms with Gasteiger partial charge in [0.1, 0.15) is 11.5 Å². The van der Waals surface area contributed by atoms with Crippen LogP contribution >= 0.6 is 0 Å². The highest BCUT2D eigenvalue weighted by Crippen LogP contribution is 2.27. The number of rotatable bonds is 7. The summed E-state index contributed by atoms with van der Waals surface area (Å²) in [7, 11) is 3.33. The molecule has 1 unspecified atom stereocenters. The van der Waals surface area contributed by atoms with Crippen LogP contribution in [0.15, 0.2) is 18.2 Å². The molecule has 0 bridgehead atoms. The zero-order valence-electron chi connectivity index (χ0n) is 15.9. The van der Waals surface area contributed by atoms with Crippen LogP contribution in [-0.4, -0.2) is 50.2 Å². The number of hydrogen-bond acceptors (Lipinski definition) is 5. The molecule has 1 aromatic rings. The molecule has 1 aliphatic heterocycles. The van der Waals surface area contributed by atoms with Gasteiger partial charge in [0.05, 0.1) is 14.2 Å². The summed E-state index contributed by atoms with van der Waals surface area (Å²) in [6.07, 6.45) is 4.86. The zero-order valence-corrected chi connectivity index (χ0v) is 15.9. The lowest BCUT2D eigenvalue weighted by molar-refractivity contribution is -0.122. The molecular weight excluding hydrogens is 330 g/mol. The van der Waals surface area contributed by atoms with E-state index in [0.29, 0.717) is 12.3 Å². The number of carbonyl (C=O) groups is 1. The van der Waals surface area contributed by atoms with Gasteiger partial charge >= 0.3 is 0 Å². The number of methoxy groups -OCH3 is 2. The second-order valence-electron chi connectivity index (χ2n) is 7.57. The van der Waals surface area contributed by atoms with Gasteiger partial charge in [0.25, 0.3) is 0 Å². The monoisotopic (exact) mass is 361 g/mol. The number of amides is 1. The molecule has 1 heterocycles. The number of nitrogens with two attached hydrogens (primary N) is 1. The first-order chi connectivity index (χ1) is 12.6. The number of ether oxygens (including phenoxy) is 2. The molecular formula is C20H31N3O3. The summed E-state index contributed by atoms with van der Waals surface area (Å²) in [5.74, 6) is 2.12. The van der Waals surface area contributed by atoms with E-state index in [1.165, 1.54) is 0 Å². The number of likely N-dealkylation sites (tertiary alicyclic amines) is 1. The first-order valence-corrected chi connectivity index (χ1v) is 9.56. The molecule has 26 heavy (non-hydrogen) atoms. The Kier molecular flexibility index (Phi) is 6.38. The molecule has 1 saturated carbocycles. The summed E-state index contributed by atoms with van der Waals surface area (Å²) >= 11 is 0. The summed E-state index contributed by atoms with van der Waals surface area (Å²) in [5.41, 5.74) is 7.24. The van der Waals surface area contributed by atoms with Crippen molar-refractivity contribution in [3.8, 4) is 11.5 Å². The fourth-order valence-electron chi connectivity index (χ4n) is 4.15. The van der Waals surface area contributed by atoms with Gasteiger partial charge in [-0.2, -0.15) is 0 Å². The minimum absolute atomic E-state index is 0.155. The third-order valence-electron chi connectivity index (χ3n) is 5.62. The van der Waals surface area contributed by atoms with Crippen molar-refractivity contribution in [2.24, 2.45) is 11.7 Å². The third-order valence-corrected chi connectivity index (χ3v) is 5.62. The molecule has 144 valence electrons. The van der Waals surface area contributed by atoms with E-state index in [-0.39, 0.29) is 18.0 Å². The Morgan fingerprint density at radius 1 is 1.19 bits per heavy atom. The fourth-order valence-corrected chi connectivity index (χ4v) is 4.15. The molecule has 0 radical (unpaired) electrons. The van der Waals surface area contributed by atoms with E-state index in [0.717, 1.165) is 62.4 Å². The molecule has 1 saturated heterocycles. The van der Waals surface area contributed by atoms with Crippen LogP contribution in [0.5, 0.6) is 11.5 Å². The fraction of sp³-hybridized carbons (Fsp3) is 0.650. The Balaban J connectivity index is 1.48. The molecule has 0 aromatic heterocycles. The highest BCUT2D eigenvalue weighted by atomic mass is 16.5. The topological polar surface area (TPSA) is 76.8 Å². The lowest BCUT2D eigenvalue weighted by Gasteiger charge is -2.19. The van der Waals surface area contributed by atoms with E-state index in [9.17, 15) is 4.79 Å². The molecule has 3 atom stereocenters. The standard InChI is InChI=1S/C20H31N3O3/c1-25-17-8-14(9-18(11-17)26-2)12-23-7-6-16(13-23)22-20(24)10-15-4-3-5-19(15)21/h8-9,11,15-16,19H,3-7,10,12-13,21H2,1-2H3,(H,22,24)/t15-,16?,19+/m0/s1. The van der Waals surface area contributed by atoms with Crippen molar-refractivity contribution in [2.75, 3.05) is 27.3 Å². The van der Waals surface area contributed by atoms with Gasteiger partial charge in [0, 0.05) is 44.2 Å². The van der Waals surface area contributed by atoms with Crippen molar-refractivity contribution in [3.05, 3.63) is 23.8 Å². The van der Waals surface area contributed by atoms with Gasteiger partial charge in [-0.3, -0.25) is 9.69 Å². The van der Waals surface area contributed by atoms with Gasteiger partial charge in [-0.05, 0) is 42.9 Å². The number of carbonyl (C=O) groups excluding carboxylic acids is 1. The van der Waals surface area contributed by atoms with Crippen LogP contribution in [0.3, 0.4) is 0 Å². The molecule has 2 aliphatic rings. The van der Waals surface area contributed by atoms with Gasteiger partial charge in [0.15, 0.2) is 0 Å².